The van der Waals surface area contributed by atoms with Gasteiger partial charge in [-0.3, -0.25) is 47.9 Å². The molecule has 5 aromatic carbocycles. The van der Waals surface area contributed by atoms with Crippen LogP contribution in [-0.4, -0.2) is 263 Å². The molecule has 0 radical (unpaired) electrons. The molecule has 6 saturated carbocycles. The smallest absolute Gasteiger partial charge is 0.251 e. The summed E-state index contributed by atoms with van der Waals surface area (Å²) in [6.07, 6.45) is 25.0. The highest BCUT2D eigenvalue weighted by atomic mass is 35.5. The topological polar surface area (TPSA) is 344 Å². The van der Waals surface area contributed by atoms with Gasteiger partial charge in [0, 0.05) is 168 Å². The average molecular weight is 2120 g/mol. The van der Waals surface area contributed by atoms with Crippen molar-refractivity contribution in [2.24, 2.45) is 29.6 Å². The van der Waals surface area contributed by atoms with Gasteiger partial charge in [0.15, 0.2) is 0 Å². The van der Waals surface area contributed by atoms with Crippen LogP contribution in [0, 0.1) is 58.7 Å². The number of likely N-dealkylation sites (N-methyl/N-ethyl adjacent to an activating group) is 2. The summed E-state index contributed by atoms with van der Waals surface area (Å²) in [5, 5.41) is 35.3. The predicted molar refractivity (Wildman–Crippen MR) is 562 cm³/mol. The third-order valence-electron chi connectivity index (χ3n) is 29.8. The molecule has 28 nitrogen and oxygen atoms in total. The fourth-order valence-electron chi connectivity index (χ4n) is 20.0. The molecule has 2 aliphatic heterocycles. The molecule has 2 saturated heterocycles. The van der Waals surface area contributed by atoms with Crippen LogP contribution in [0.3, 0.4) is 0 Å². The van der Waals surface area contributed by atoms with E-state index in [-0.39, 0.29) is 135 Å². The van der Waals surface area contributed by atoms with Crippen LogP contribution in [0.1, 0.15) is 282 Å². The molecule has 13 rings (SSSR count). The number of amides is 10. The van der Waals surface area contributed by atoms with Gasteiger partial charge >= 0.3 is 0 Å². The molecule has 146 heavy (non-hydrogen) atoms. The summed E-state index contributed by atoms with van der Waals surface area (Å²) in [6, 6.07) is 21.0. The first kappa shape index (κ1) is 121. The first-order valence-electron chi connectivity index (χ1n) is 51.8. The molecule has 11 N–H and O–H groups in total. The lowest BCUT2D eigenvalue weighted by molar-refractivity contribution is -0.145. The van der Waals surface area contributed by atoms with Crippen LogP contribution in [0.4, 0.5) is 22.0 Å². The average Bonchev–Trinajstić information content (AvgIpc) is 1.29. The maximum Gasteiger partial charge on any atom is 0.251 e. The Morgan fingerprint density at radius 1 is 0.384 bits per heavy atom. The fourth-order valence-corrected chi connectivity index (χ4v) is 20.8. The number of hydrogen-bond donors (Lipinski definition) is 11. The Morgan fingerprint density at radius 3 is 0.966 bits per heavy atom. The summed E-state index contributed by atoms with van der Waals surface area (Å²) < 4.78 is 82.8. The third kappa shape index (κ3) is 40.5. The van der Waals surface area contributed by atoms with E-state index in [9.17, 15) is 69.9 Å². The molecule has 0 bridgehead atoms. The summed E-state index contributed by atoms with van der Waals surface area (Å²) in [5.41, 5.74) is 0.392. The zero-order valence-corrected chi connectivity index (χ0v) is 90.7. The second-order valence-corrected chi connectivity index (χ2v) is 45.5. The maximum atomic E-state index is 13.6. The number of hydrogen-bond acceptors (Lipinski definition) is 18. The maximum absolute atomic E-state index is 13.6. The van der Waals surface area contributed by atoms with E-state index in [2.05, 4.69) is 79.3 Å². The number of likely N-dealkylation sites (tertiary alicyclic amines) is 1. The monoisotopic (exact) mass is 2120 g/mol. The van der Waals surface area contributed by atoms with E-state index >= 15 is 0 Å². The summed E-state index contributed by atoms with van der Waals surface area (Å²) in [5.74, 6) is -1.30. The molecule has 0 unspecified atom stereocenters. The molecule has 810 valence electrons. The molecule has 8 fully saturated rings. The number of morpholine rings is 1. The van der Waals surface area contributed by atoms with Crippen LogP contribution >= 0.6 is 46.4 Å². The molecule has 0 spiro atoms. The van der Waals surface area contributed by atoms with E-state index in [1.54, 1.807) is 24.0 Å². The Morgan fingerprint density at radius 2 is 0.685 bits per heavy atom. The van der Waals surface area contributed by atoms with Gasteiger partial charge in [0.25, 0.3) is 29.5 Å². The van der Waals surface area contributed by atoms with E-state index in [1.165, 1.54) is 105 Å². The van der Waals surface area contributed by atoms with Crippen molar-refractivity contribution in [1.29, 1.82) is 0 Å². The molecule has 10 amide bonds. The first-order valence-corrected chi connectivity index (χ1v) is 53.3. The molecular weight excluding hydrogens is 1960 g/mol. The van der Waals surface area contributed by atoms with Crippen molar-refractivity contribution < 1.29 is 84.1 Å². The Labute approximate surface area is 880 Å². The highest BCUT2D eigenvalue weighted by Crippen LogP contribution is 2.35. The number of carbonyl (C=O) groups excluding carboxylic acids is 10. The zero-order valence-electron chi connectivity index (χ0n) is 87.7. The number of rotatable bonds is 35. The number of nitrogens with zero attached hydrogens (tertiary/aromatic N) is 4. The molecule has 37 heteroatoms. The van der Waals surface area contributed by atoms with E-state index in [0.717, 1.165) is 161 Å². The van der Waals surface area contributed by atoms with Gasteiger partial charge in [-0.1, -0.05) is 46.4 Å². The molecule has 2 heterocycles. The number of benzene rings is 5. The molecule has 8 aliphatic rings. The lowest BCUT2D eigenvalue weighted by atomic mass is 9.78. The van der Waals surface area contributed by atoms with Crippen molar-refractivity contribution in [1.82, 2.24) is 78.1 Å². The van der Waals surface area contributed by atoms with Gasteiger partial charge in [0.05, 0.1) is 70.7 Å². The summed E-state index contributed by atoms with van der Waals surface area (Å²) in [7, 11) is 6.70. The zero-order chi connectivity index (χ0) is 107. The van der Waals surface area contributed by atoms with Crippen LogP contribution in [0.25, 0.3) is 0 Å². The Hall–Kier alpha value is -8.87. The van der Waals surface area contributed by atoms with Crippen LogP contribution in [0.2, 0.25) is 20.1 Å². The fraction of sp³-hybridized carbons (Fsp3) is 0.633. The van der Waals surface area contributed by atoms with Crippen LogP contribution in [0.5, 0.6) is 5.75 Å². The van der Waals surface area contributed by atoms with Crippen molar-refractivity contribution in [3.63, 3.8) is 0 Å². The minimum atomic E-state index is -0.523. The molecule has 6 aliphatic carbocycles. The highest BCUT2D eigenvalue weighted by Gasteiger charge is 2.39. The molecule has 5 aromatic rings. The van der Waals surface area contributed by atoms with E-state index < -0.39 is 29.1 Å². The second-order valence-electron chi connectivity index (χ2n) is 43.7. The molecule has 0 aromatic heterocycles. The SMILES string of the molecule is CC1(C)CCCN1C(=O)CNC1CCC(CNC(=O)c2cc(F)cc(Cl)c2)CC1.CC1(C)COCCN1C(=O)CNC1CCC(CNC(=O)c2cc(F)cc(Cl)c2)CC1.CC1(NC(=O)CNC2CCC(CNC(=O)c3cc(F)cc(Cl)c3)CC2)CCC1.COCC(C)(C)N(C)C(=O)CNC1CCC(CNC(=O)c2cc(F)cc(Cl)c2)CC1.COc1cc(F)cc(C(=O)NCC2CCC(NCC(=O)N(C)C(C)(C)C)CC2)c1. The first-order chi connectivity index (χ1) is 69.0. The van der Waals surface area contributed by atoms with Gasteiger partial charge in [-0.2, -0.15) is 0 Å². The largest absolute Gasteiger partial charge is 0.497 e. The summed E-state index contributed by atoms with van der Waals surface area (Å²) in [6.45, 7) is 28.1. The minimum absolute atomic E-state index is 0.000523. The van der Waals surface area contributed by atoms with E-state index in [4.69, 9.17) is 60.6 Å². The van der Waals surface area contributed by atoms with Gasteiger partial charge in [-0.05, 0) is 344 Å². The van der Waals surface area contributed by atoms with Crippen molar-refractivity contribution in [2.45, 2.75) is 288 Å². The Bertz CT molecular complexity index is 5030. The van der Waals surface area contributed by atoms with Crippen molar-refractivity contribution in [3.8, 4) is 5.75 Å². The predicted octanol–water partition coefficient (Wildman–Crippen LogP) is 16.4. The summed E-state index contributed by atoms with van der Waals surface area (Å²) in [4.78, 5) is 130. The van der Waals surface area contributed by atoms with Gasteiger partial charge in [-0.15, -0.1) is 0 Å². The number of carbonyl (C=O) groups is 10. The number of methoxy groups -OCH3 is 2. The number of ether oxygens (including phenoxy) is 3. The van der Waals surface area contributed by atoms with Crippen LogP contribution in [-0.2, 0) is 33.4 Å². The van der Waals surface area contributed by atoms with Crippen molar-refractivity contribution in [3.05, 3.63) is 168 Å². The Balaban J connectivity index is 0.000000203. The lowest BCUT2D eigenvalue weighted by Crippen LogP contribution is -2.57. The molecule has 0 atom stereocenters. The Kier molecular flexibility index (Phi) is 47.9. The van der Waals surface area contributed by atoms with Crippen LogP contribution in [0.15, 0.2) is 91.0 Å². The van der Waals surface area contributed by atoms with Crippen molar-refractivity contribution >= 4 is 105 Å². The number of nitrogens with one attached hydrogen (secondary N) is 11. The van der Waals surface area contributed by atoms with Crippen LogP contribution < -0.4 is 63.2 Å². The van der Waals surface area contributed by atoms with Gasteiger partial charge in [-0.25, -0.2) is 22.0 Å². The van der Waals surface area contributed by atoms with Gasteiger partial charge in [0.1, 0.15) is 34.8 Å². The standard InChI is InChI=1S/C22H31ClFN3O3.C22H33ClFN3O3.C22H31ClFN3O2.C22H34FN3O3.C21H29ClFN3O2/c1-22(2)14-30-8-7-27(22)20(28)13-25-19-5-3-15(4-6-19)12-26-21(29)16-9-17(23)11-18(24)10-16;1-22(2,14-30-4)27(3)20(28)13-25-19-7-5-15(6-8-19)12-26-21(29)16-9-17(23)11-18(24)10-16;1-22(2)8-3-9-27(22)20(28)14-25-19-6-4-15(5-7-19)13-26-21(29)16-10-17(23)12-18(24)11-16;1-22(2,3)26(4)20(27)14-24-18-8-6-15(7-9-18)13-25-21(28)16-10-17(23)12-19(11-16)29-5;1-21(7-2-8-21)26-19(27)13-24-18-5-3-14(4-6-18)12-25-20(28)15-9-16(22)11-17(23)10-15/h9-11,15,19,25H,3-8,12-14H2,1-2H3,(H,26,29);9-11,15,19,25H,5-8,12-14H2,1-4H3,(H,26,29);10-12,15,19,25H,3-9,13-14H2,1-2H3,(H,26,29);10-12,15,18,24H,6-9,13-14H2,1-5H3,(H,25,28);9-11,14,18,24H,2-8,12-13H2,1H3,(H,25,28)(H,26,27). The van der Waals surface area contributed by atoms with Gasteiger partial charge < -0.3 is 92.3 Å². The lowest BCUT2D eigenvalue weighted by Gasteiger charge is -2.42. The molecular formula is C109H158Cl4F5N15O13. The second kappa shape index (κ2) is 57.9. The van der Waals surface area contributed by atoms with Crippen molar-refractivity contribution in [2.75, 3.05) is 127 Å². The van der Waals surface area contributed by atoms with E-state index in [0.29, 0.717) is 157 Å². The minimum Gasteiger partial charge on any atom is -0.497 e. The van der Waals surface area contributed by atoms with E-state index in [1.807, 2.05) is 65.3 Å². The normalized spacial score (nSPS) is 22.0. The number of halogens is 9. The van der Waals surface area contributed by atoms with Gasteiger partial charge in [0.2, 0.25) is 29.5 Å². The summed E-state index contributed by atoms with van der Waals surface area (Å²) >= 11 is 23.2. The highest BCUT2D eigenvalue weighted by molar-refractivity contribution is 6.32. The third-order valence-corrected chi connectivity index (χ3v) is 30.7. The quantitative estimate of drug-likeness (QED) is 0.0168.